The quantitative estimate of drug-likeness (QED) is 0.711. The van der Waals surface area contributed by atoms with Gasteiger partial charge < -0.3 is 10.1 Å². The van der Waals surface area contributed by atoms with E-state index in [9.17, 15) is 14.4 Å². The van der Waals surface area contributed by atoms with E-state index in [2.05, 4.69) is 29.2 Å². The number of morpholine rings is 1. The monoisotopic (exact) mass is 324 g/mol. The normalized spacial score (nSPS) is 18.3. The Balaban J connectivity index is 1.95. The second-order valence-electron chi connectivity index (χ2n) is 5.96. The van der Waals surface area contributed by atoms with Gasteiger partial charge in [-0.25, -0.2) is 4.68 Å². The molecule has 0 bridgehead atoms. The highest BCUT2D eigenvalue weighted by molar-refractivity contribution is 5.75. The van der Waals surface area contributed by atoms with Gasteiger partial charge in [0.05, 0.1) is 13.2 Å². The molecule has 2 rings (SSSR count). The molecule has 2 heterocycles. The largest absolute Gasteiger partial charge is 0.379 e. The third-order valence-corrected chi connectivity index (χ3v) is 4.39. The standard InChI is InChI=1S/C15H24N4O4/c1-3-15(2,18-6-8-23-9-7-18)11-16-13(21)10-19-14(22)5-4-12(20)17-19/h4-5H,3,6-11H2,1-2H3,(H,16,21)(H,17,20)/t15-/m1/s1. The van der Waals surface area contributed by atoms with Gasteiger partial charge in [-0.2, -0.15) is 0 Å². The zero-order valence-electron chi connectivity index (χ0n) is 13.6. The number of hydrogen-bond acceptors (Lipinski definition) is 5. The van der Waals surface area contributed by atoms with Crippen molar-refractivity contribution in [3.63, 3.8) is 0 Å². The lowest BCUT2D eigenvalue weighted by Crippen LogP contribution is -2.57. The minimum atomic E-state index is -0.413. The Labute approximate surface area is 134 Å². The van der Waals surface area contributed by atoms with Gasteiger partial charge in [-0.3, -0.25) is 24.4 Å². The summed E-state index contributed by atoms with van der Waals surface area (Å²) in [6.07, 6.45) is 0.884. The van der Waals surface area contributed by atoms with Crippen molar-refractivity contribution in [3.8, 4) is 0 Å². The maximum atomic E-state index is 12.1. The summed E-state index contributed by atoms with van der Waals surface area (Å²) in [7, 11) is 0. The summed E-state index contributed by atoms with van der Waals surface area (Å²) < 4.78 is 6.38. The Hall–Kier alpha value is -1.93. The third kappa shape index (κ3) is 4.52. The Kier molecular flexibility index (Phi) is 5.73. The summed E-state index contributed by atoms with van der Waals surface area (Å²) in [5, 5.41) is 5.21. The van der Waals surface area contributed by atoms with Crippen LogP contribution < -0.4 is 16.4 Å². The van der Waals surface area contributed by atoms with Crippen LogP contribution in [0.5, 0.6) is 0 Å². The summed E-state index contributed by atoms with van der Waals surface area (Å²) in [4.78, 5) is 37.2. The fraction of sp³-hybridized carbons (Fsp3) is 0.667. The average molecular weight is 324 g/mol. The predicted molar refractivity (Wildman–Crippen MR) is 85.4 cm³/mol. The number of carbonyl (C=O) groups is 1. The molecular formula is C15H24N4O4. The fourth-order valence-electron chi connectivity index (χ4n) is 2.63. The number of hydrogen-bond donors (Lipinski definition) is 2. The molecule has 23 heavy (non-hydrogen) atoms. The molecule has 0 radical (unpaired) electrons. The van der Waals surface area contributed by atoms with E-state index in [-0.39, 0.29) is 18.0 Å². The predicted octanol–water partition coefficient (Wildman–Crippen LogP) is -0.846. The van der Waals surface area contributed by atoms with E-state index in [1.54, 1.807) is 0 Å². The van der Waals surface area contributed by atoms with Crippen LogP contribution in [0.2, 0.25) is 0 Å². The third-order valence-electron chi connectivity index (χ3n) is 4.39. The van der Waals surface area contributed by atoms with Crippen molar-refractivity contribution in [2.75, 3.05) is 32.8 Å². The number of ether oxygens (including phenoxy) is 1. The fourth-order valence-corrected chi connectivity index (χ4v) is 2.63. The van der Waals surface area contributed by atoms with Gasteiger partial charge in [-0.1, -0.05) is 6.92 Å². The number of amides is 1. The highest BCUT2D eigenvalue weighted by Gasteiger charge is 2.31. The second-order valence-corrected chi connectivity index (χ2v) is 5.96. The average Bonchev–Trinajstić information content (AvgIpc) is 2.57. The molecule has 128 valence electrons. The maximum absolute atomic E-state index is 12.1. The molecule has 1 aromatic rings. The van der Waals surface area contributed by atoms with Gasteiger partial charge >= 0.3 is 0 Å². The Morgan fingerprint density at radius 2 is 2.04 bits per heavy atom. The summed E-state index contributed by atoms with van der Waals surface area (Å²) in [6, 6.07) is 2.29. The molecule has 8 nitrogen and oxygen atoms in total. The number of aromatic amines is 1. The molecule has 1 saturated heterocycles. The molecule has 1 aromatic heterocycles. The molecule has 1 aliphatic heterocycles. The minimum Gasteiger partial charge on any atom is -0.379 e. The van der Waals surface area contributed by atoms with Gasteiger partial charge in [-0.15, -0.1) is 0 Å². The zero-order chi connectivity index (χ0) is 16.9. The topological polar surface area (TPSA) is 96.4 Å². The highest BCUT2D eigenvalue weighted by Crippen LogP contribution is 2.19. The zero-order valence-corrected chi connectivity index (χ0v) is 13.6. The van der Waals surface area contributed by atoms with Crippen LogP contribution in [-0.2, 0) is 16.1 Å². The lowest BCUT2D eigenvalue weighted by Gasteiger charge is -2.43. The van der Waals surface area contributed by atoms with Crippen molar-refractivity contribution in [1.82, 2.24) is 20.0 Å². The number of rotatable bonds is 6. The van der Waals surface area contributed by atoms with E-state index in [4.69, 9.17) is 4.74 Å². The van der Waals surface area contributed by atoms with Crippen molar-refractivity contribution in [2.45, 2.75) is 32.4 Å². The number of carbonyl (C=O) groups excluding carboxylic acids is 1. The van der Waals surface area contributed by atoms with Gasteiger partial charge in [-0.05, 0) is 13.3 Å². The van der Waals surface area contributed by atoms with Crippen LogP contribution >= 0.6 is 0 Å². The number of nitrogens with one attached hydrogen (secondary N) is 2. The van der Waals surface area contributed by atoms with E-state index in [0.717, 1.165) is 36.3 Å². The van der Waals surface area contributed by atoms with Crippen LogP contribution in [0.25, 0.3) is 0 Å². The van der Waals surface area contributed by atoms with E-state index in [1.165, 1.54) is 0 Å². The van der Waals surface area contributed by atoms with Gasteiger partial charge in [0, 0.05) is 37.3 Å². The first-order valence-electron chi connectivity index (χ1n) is 7.84. The van der Waals surface area contributed by atoms with E-state index < -0.39 is 11.1 Å². The summed E-state index contributed by atoms with van der Waals surface area (Å²) >= 11 is 0. The van der Waals surface area contributed by atoms with Crippen LogP contribution in [0.1, 0.15) is 20.3 Å². The van der Waals surface area contributed by atoms with Crippen LogP contribution in [0.3, 0.4) is 0 Å². The SMILES string of the molecule is CC[C@](C)(CNC(=O)Cn1[nH]c(=O)ccc1=O)N1CCOCC1. The lowest BCUT2D eigenvalue weighted by atomic mass is 9.95. The van der Waals surface area contributed by atoms with E-state index in [1.807, 2.05) is 0 Å². The second kappa shape index (κ2) is 7.56. The first-order valence-corrected chi connectivity index (χ1v) is 7.84. The van der Waals surface area contributed by atoms with Crippen molar-refractivity contribution >= 4 is 5.91 Å². The molecular weight excluding hydrogens is 300 g/mol. The summed E-state index contributed by atoms with van der Waals surface area (Å²) in [5.74, 6) is -0.304. The Bertz CT molecular complexity index is 647. The molecule has 1 aliphatic rings. The van der Waals surface area contributed by atoms with Crippen LogP contribution in [0, 0.1) is 0 Å². The highest BCUT2D eigenvalue weighted by atomic mass is 16.5. The van der Waals surface area contributed by atoms with Crippen molar-refractivity contribution < 1.29 is 9.53 Å². The van der Waals surface area contributed by atoms with Crippen LogP contribution in [0.15, 0.2) is 21.7 Å². The lowest BCUT2D eigenvalue weighted by molar-refractivity contribution is -0.122. The van der Waals surface area contributed by atoms with Gasteiger partial charge in [0.25, 0.3) is 11.1 Å². The first kappa shape index (κ1) is 17.4. The van der Waals surface area contributed by atoms with Crippen molar-refractivity contribution in [3.05, 3.63) is 32.8 Å². The molecule has 0 aliphatic carbocycles. The minimum absolute atomic E-state index is 0.158. The Morgan fingerprint density at radius 1 is 1.35 bits per heavy atom. The van der Waals surface area contributed by atoms with E-state index in [0.29, 0.717) is 19.8 Å². The number of aromatic nitrogens is 2. The van der Waals surface area contributed by atoms with E-state index >= 15 is 0 Å². The molecule has 1 fully saturated rings. The van der Waals surface area contributed by atoms with Crippen LogP contribution in [-0.4, -0.2) is 59.0 Å². The van der Waals surface area contributed by atoms with Crippen LogP contribution in [0.4, 0.5) is 0 Å². The van der Waals surface area contributed by atoms with Gasteiger partial charge in [0.2, 0.25) is 5.91 Å². The molecule has 2 N–H and O–H groups in total. The smallest absolute Gasteiger partial charge is 0.265 e. The molecule has 1 amide bonds. The van der Waals surface area contributed by atoms with Gasteiger partial charge in [0.15, 0.2) is 0 Å². The maximum Gasteiger partial charge on any atom is 0.265 e. The molecule has 0 unspecified atom stereocenters. The number of nitrogens with zero attached hydrogens (tertiary/aromatic N) is 2. The summed E-state index contributed by atoms with van der Waals surface area (Å²) in [6.45, 7) is 7.55. The first-order chi connectivity index (χ1) is 10.9. The summed E-state index contributed by atoms with van der Waals surface area (Å²) in [5.41, 5.74) is -0.982. The van der Waals surface area contributed by atoms with Gasteiger partial charge in [0.1, 0.15) is 6.54 Å². The molecule has 8 heteroatoms. The number of H-pyrrole nitrogens is 1. The van der Waals surface area contributed by atoms with Crippen molar-refractivity contribution in [1.29, 1.82) is 0 Å². The molecule has 1 atom stereocenters. The molecule has 0 saturated carbocycles. The Morgan fingerprint density at radius 3 is 2.70 bits per heavy atom. The van der Waals surface area contributed by atoms with Crippen molar-refractivity contribution in [2.24, 2.45) is 0 Å². The molecule has 0 spiro atoms. The molecule has 0 aromatic carbocycles.